The van der Waals surface area contributed by atoms with Crippen LogP contribution in [0.25, 0.3) is 0 Å². The molecule has 0 spiro atoms. The molecule has 0 atom stereocenters. The van der Waals surface area contributed by atoms with E-state index in [2.05, 4.69) is 0 Å². The van der Waals surface area contributed by atoms with Gasteiger partial charge in [0.05, 0.1) is 26.9 Å². The molecule has 0 fully saturated rings. The summed E-state index contributed by atoms with van der Waals surface area (Å²) in [5.41, 5.74) is -1.94. The van der Waals surface area contributed by atoms with Gasteiger partial charge in [0.1, 0.15) is 0 Å². The first kappa shape index (κ1) is 16.1. The quantitative estimate of drug-likeness (QED) is 0.460. The van der Waals surface area contributed by atoms with Crippen molar-refractivity contribution in [2.24, 2.45) is 0 Å². The summed E-state index contributed by atoms with van der Waals surface area (Å²) >= 11 is 0. The first-order valence-corrected chi connectivity index (χ1v) is 7.46. The van der Waals surface area contributed by atoms with E-state index >= 15 is 0 Å². The predicted octanol–water partition coefficient (Wildman–Crippen LogP) is 2.14. The van der Waals surface area contributed by atoms with Crippen molar-refractivity contribution in [3.8, 4) is 5.75 Å². The highest BCUT2D eigenvalue weighted by atomic mass is 35.7. The minimum absolute atomic E-state index is 0.0614. The predicted molar refractivity (Wildman–Crippen MR) is 68.7 cm³/mol. The molecule has 110 valence electrons. The number of ether oxygens (including phenoxy) is 1. The average Bonchev–Trinajstić information content (AvgIpc) is 2.26. The van der Waals surface area contributed by atoms with E-state index in [9.17, 15) is 28.6 Å². The first-order chi connectivity index (χ1) is 9.11. The topological polar surface area (TPSA) is 130 Å². The van der Waals surface area contributed by atoms with Gasteiger partial charge in [0.15, 0.2) is 0 Å². The number of rotatable bonds is 5. The van der Waals surface area contributed by atoms with Crippen LogP contribution < -0.4 is 4.74 Å². The first-order valence-electron chi connectivity index (χ1n) is 5.15. The maximum atomic E-state index is 11.4. The molecule has 0 bridgehead atoms. The van der Waals surface area contributed by atoms with Crippen molar-refractivity contribution in [1.82, 2.24) is 0 Å². The fourth-order valence-electron chi connectivity index (χ4n) is 1.60. The Bertz CT molecular complexity index is 686. The Hall–Kier alpha value is -1.94. The third-order valence-electron chi connectivity index (χ3n) is 2.37. The van der Waals surface area contributed by atoms with Crippen LogP contribution >= 0.6 is 10.7 Å². The summed E-state index contributed by atoms with van der Waals surface area (Å²) in [6, 6.07) is 0.648. The van der Waals surface area contributed by atoms with Crippen molar-refractivity contribution in [2.45, 2.75) is 18.7 Å². The molecule has 0 aliphatic carbocycles. The number of halogens is 1. The van der Waals surface area contributed by atoms with Gasteiger partial charge in [0.2, 0.25) is 0 Å². The van der Waals surface area contributed by atoms with Gasteiger partial charge in [-0.1, -0.05) is 0 Å². The zero-order chi connectivity index (χ0) is 15.7. The van der Waals surface area contributed by atoms with Crippen molar-refractivity contribution in [1.29, 1.82) is 0 Å². The zero-order valence-electron chi connectivity index (χ0n) is 10.3. The molecule has 0 aliphatic heterocycles. The Morgan fingerprint density at radius 1 is 1.30 bits per heavy atom. The summed E-state index contributed by atoms with van der Waals surface area (Å²) in [6.07, 6.45) is 0. The number of hydrogen-bond donors (Lipinski definition) is 0. The molecule has 11 heteroatoms. The highest BCUT2D eigenvalue weighted by Crippen LogP contribution is 2.43. The lowest BCUT2D eigenvalue weighted by Crippen LogP contribution is -2.07. The van der Waals surface area contributed by atoms with Crippen LogP contribution in [0.15, 0.2) is 11.0 Å². The van der Waals surface area contributed by atoms with E-state index in [0.29, 0.717) is 6.07 Å². The highest BCUT2D eigenvalue weighted by molar-refractivity contribution is 8.13. The van der Waals surface area contributed by atoms with Crippen molar-refractivity contribution in [3.63, 3.8) is 0 Å². The Morgan fingerprint density at radius 2 is 1.85 bits per heavy atom. The van der Waals surface area contributed by atoms with Gasteiger partial charge in [-0.3, -0.25) is 20.2 Å². The largest absolute Gasteiger partial charge is 0.482 e. The zero-order valence-corrected chi connectivity index (χ0v) is 11.9. The van der Waals surface area contributed by atoms with E-state index in [-0.39, 0.29) is 12.2 Å². The number of nitro benzene ring substituents is 2. The van der Waals surface area contributed by atoms with E-state index in [4.69, 9.17) is 15.4 Å². The van der Waals surface area contributed by atoms with Crippen LogP contribution in [0.5, 0.6) is 5.75 Å². The molecule has 0 aromatic heterocycles. The van der Waals surface area contributed by atoms with Crippen molar-refractivity contribution in [2.75, 3.05) is 6.61 Å². The summed E-state index contributed by atoms with van der Waals surface area (Å²) in [5, 5.41) is 22.0. The standard InChI is InChI=1S/C9H9ClN2O7S/c1-3-19-9-6(11(13)14)4-7(20(10,17)18)5(2)8(9)12(15)16/h4H,3H2,1-2H3. The maximum absolute atomic E-state index is 11.4. The smallest absolute Gasteiger partial charge is 0.322 e. The fourth-order valence-corrected chi connectivity index (χ4v) is 2.80. The number of benzene rings is 1. The molecule has 1 aromatic rings. The lowest BCUT2D eigenvalue weighted by molar-refractivity contribution is -0.396. The van der Waals surface area contributed by atoms with Gasteiger partial charge in [0, 0.05) is 16.7 Å². The molecule has 9 nitrogen and oxygen atoms in total. The molecule has 0 aliphatic rings. The van der Waals surface area contributed by atoms with E-state index in [1.165, 1.54) is 6.92 Å². The Balaban J connectivity index is 3.91. The van der Waals surface area contributed by atoms with Gasteiger partial charge in [-0.15, -0.1) is 0 Å². The number of nitro groups is 2. The second kappa shape index (κ2) is 5.59. The maximum Gasteiger partial charge on any atom is 0.322 e. The molecule has 0 N–H and O–H groups in total. The fraction of sp³-hybridized carbons (Fsp3) is 0.333. The van der Waals surface area contributed by atoms with Crippen molar-refractivity contribution >= 4 is 31.1 Å². The third-order valence-corrected chi connectivity index (χ3v) is 3.82. The molecule has 0 radical (unpaired) electrons. The summed E-state index contributed by atoms with van der Waals surface area (Å²) in [6.45, 7) is 2.54. The Morgan fingerprint density at radius 3 is 2.20 bits per heavy atom. The summed E-state index contributed by atoms with van der Waals surface area (Å²) in [5.74, 6) is -0.593. The van der Waals surface area contributed by atoms with E-state index in [1.807, 2.05) is 0 Å². The van der Waals surface area contributed by atoms with Gasteiger partial charge in [-0.05, 0) is 13.8 Å². The SMILES string of the molecule is CCOc1c([N+](=O)[O-])cc(S(=O)(=O)Cl)c(C)c1[N+](=O)[O-]. The van der Waals surface area contributed by atoms with Crippen LogP contribution in [0.3, 0.4) is 0 Å². The highest BCUT2D eigenvalue weighted by Gasteiger charge is 2.35. The second-order valence-corrected chi connectivity index (χ2v) is 6.12. The molecule has 0 unspecified atom stereocenters. The molecule has 0 amide bonds. The summed E-state index contributed by atoms with van der Waals surface area (Å²) in [4.78, 5) is 19.4. The Labute approximate surface area is 117 Å². The van der Waals surface area contributed by atoms with E-state index in [1.54, 1.807) is 0 Å². The van der Waals surface area contributed by atoms with Gasteiger partial charge in [-0.2, -0.15) is 0 Å². The van der Waals surface area contributed by atoms with Gasteiger partial charge < -0.3 is 4.74 Å². The van der Waals surface area contributed by atoms with E-state index < -0.39 is 40.9 Å². The average molecular weight is 325 g/mol. The molecule has 1 aromatic carbocycles. The number of nitrogens with zero attached hydrogens (tertiary/aromatic N) is 2. The van der Waals surface area contributed by atoms with Crippen LogP contribution in [0, 0.1) is 27.2 Å². The van der Waals surface area contributed by atoms with Crippen molar-refractivity contribution in [3.05, 3.63) is 31.9 Å². The number of hydrogen-bond acceptors (Lipinski definition) is 7. The Kier molecular flexibility index (Phi) is 4.50. The third kappa shape index (κ3) is 2.96. The van der Waals surface area contributed by atoms with E-state index in [0.717, 1.165) is 6.92 Å². The van der Waals surface area contributed by atoms with Crippen LogP contribution in [-0.2, 0) is 9.05 Å². The van der Waals surface area contributed by atoms with Crippen molar-refractivity contribution < 1.29 is 23.0 Å². The second-order valence-electron chi connectivity index (χ2n) is 3.58. The summed E-state index contributed by atoms with van der Waals surface area (Å²) in [7, 11) is 0.763. The van der Waals surface area contributed by atoms with Crippen LogP contribution in [0.1, 0.15) is 12.5 Å². The van der Waals surface area contributed by atoms with Gasteiger partial charge in [-0.25, -0.2) is 8.42 Å². The molecule has 0 heterocycles. The minimum atomic E-state index is -4.37. The van der Waals surface area contributed by atoms with Gasteiger partial charge >= 0.3 is 11.4 Å². The van der Waals surface area contributed by atoms with Crippen LogP contribution in [-0.4, -0.2) is 24.9 Å². The minimum Gasteiger partial charge on any atom is -0.482 e. The molecule has 20 heavy (non-hydrogen) atoms. The van der Waals surface area contributed by atoms with Crippen LogP contribution in [0.2, 0.25) is 0 Å². The lowest BCUT2D eigenvalue weighted by Gasteiger charge is -2.09. The molecule has 1 rings (SSSR count). The normalized spacial score (nSPS) is 11.2. The van der Waals surface area contributed by atoms with Crippen LogP contribution in [0.4, 0.5) is 11.4 Å². The molecule has 0 saturated heterocycles. The molecular formula is C9H9ClN2O7S. The molecular weight excluding hydrogens is 316 g/mol. The molecule has 0 saturated carbocycles. The van der Waals surface area contributed by atoms with Gasteiger partial charge in [0.25, 0.3) is 14.8 Å². The lowest BCUT2D eigenvalue weighted by atomic mass is 10.1. The monoisotopic (exact) mass is 324 g/mol. The summed E-state index contributed by atoms with van der Waals surface area (Å²) < 4.78 is 27.6.